The number of fused-ring (bicyclic) bond motifs is 2. The molecule has 1 unspecified atom stereocenters. The van der Waals surface area contributed by atoms with Crippen molar-refractivity contribution in [2.45, 2.75) is 13.8 Å². The van der Waals surface area contributed by atoms with E-state index in [1.54, 1.807) is 4.90 Å². The molecule has 0 saturated carbocycles. The van der Waals surface area contributed by atoms with Gasteiger partial charge in [0.2, 0.25) is 0 Å². The molecule has 2 aromatic rings. The Bertz CT molecular complexity index is 931. The molecule has 0 aliphatic carbocycles. The van der Waals surface area contributed by atoms with Gasteiger partial charge >= 0.3 is 0 Å². The lowest BCUT2D eigenvalue weighted by atomic mass is 9.95. The van der Waals surface area contributed by atoms with Crippen molar-refractivity contribution in [3.63, 3.8) is 0 Å². The fraction of sp³-hybridized carbons (Fsp3) is 0.300. The van der Waals surface area contributed by atoms with Crippen molar-refractivity contribution >= 4 is 40.2 Å². The van der Waals surface area contributed by atoms with Crippen molar-refractivity contribution < 1.29 is 9.59 Å². The first-order valence-electron chi connectivity index (χ1n) is 8.69. The smallest absolute Gasteiger partial charge is 0.258 e. The lowest BCUT2D eigenvalue weighted by molar-refractivity contribution is -0.115. The number of rotatable bonds is 1. The number of para-hydroxylation sites is 2. The molecule has 134 valence electrons. The topological polar surface area (TPSA) is 52.7 Å². The van der Waals surface area contributed by atoms with Crippen LogP contribution in [0.1, 0.15) is 22.2 Å². The number of nitrogens with zero attached hydrogens (tertiary/aromatic N) is 2. The molecule has 5 nitrogen and oxygen atoms in total. The first-order chi connectivity index (χ1) is 12.5. The molecule has 1 aromatic carbocycles. The molecule has 0 radical (unpaired) electrons. The van der Waals surface area contributed by atoms with E-state index < -0.39 is 0 Å². The van der Waals surface area contributed by atoms with E-state index in [4.69, 9.17) is 0 Å². The highest BCUT2D eigenvalue weighted by atomic mass is 32.1. The number of thiophene rings is 1. The van der Waals surface area contributed by atoms with Crippen molar-refractivity contribution in [1.29, 1.82) is 0 Å². The third-order valence-electron chi connectivity index (χ3n) is 5.01. The Morgan fingerprint density at radius 3 is 2.81 bits per heavy atom. The van der Waals surface area contributed by atoms with Crippen LogP contribution in [0.25, 0.3) is 0 Å². The predicted molar refractivity (Wildman–Crippen MR) is 105 cm³/mol. The second-order valence-electron chi connectivity index (χ2n) is 6.95. The monoisotopic (exact) mass is 367 g/mol. The van der Waals surface area contributed by atoms with Gasteiger partial charge in [0.15, 0.2) is 0 Å². The maximum Gasteiger partial charge on any atom is 0.258 e. The Balaban J connectivity index is 1.88. The molecule has 2 aliphatic rings. The van der Waals surface area contributed by atoms with Gasteiger partial charge in [0.05, 0.1) is 22.6 Å². The third-order valence-corrected chi connectivity index (χ3v) is 5.90. The van der Waals surface area contributed by atoms with Crippen LogP contribution in [0.4, 0.5) is 17.1 Å². The number of amides is 2. The van der Waals surface area contributed by atoms with Gasteiger partial charge in [0, 0.05) is 28.9 Å². The number of likely N-dealkylation sites (N-methyl/N-ethyl adjacent to an activating group) is 1. The Morgan fingerprint density at radius 2 is 2.04 bits per heavy atom. The molecule has 2 amide bonds. The van der Waals surface area contributed by atoms with E-state index in [0.717, 1.165) is 29.2 Å². The summed E-state index contributed by atoms with van der Waals surface area (Å²) in [7, 11) is 2.05. The normalized spacial score (nSPS) is 20.0. The van der Waals surface area contributed by atoms with Gasteiger partial charge in [-0.15, -0.1) is 11.3 Å². The average Bonchev–Trinajstić information content (AvgIpc) is 2.91. The molecule has 26 heavy (non-hydrogen) atoms. The van der Waals surface area contributed by atoms with Crippen LogP contribution in [-0.2, 0) is 4.79 Å². The number of benzene rings is 1. The van der Waals surface area contributed by atoms with Crippen molar-refractivity contribution in [3.05, 3.63) is 51.7 Å². The highest BCUT2D eigenvalue weighted by Gasteiger charge is 2.34. The number of hydrogen-bond acceptors (Lipinski definition) is 4. The molecule has 6 heteroatoms. The molecule has 1 aromatic heterocycles. The zero-order valence-corrected chi connectivity index (χ0v) is 15.9. The minimum Gasteiger partial charge on any atom is -0.320 e. The van der Waals surface area contributed by atoms with E-state index in [-0.39, 0.29) is 17.7 Å². The number of carbonyl (C=O) groups is 2. The summed E-state index contributed by atoms with van der Waals surface area (Å²) in [5, 5.41) is 4.86. The summed E-state index contributed by atoms with van der Waals surface area (Å²) in [6, 6.07) is 7.48. The molecule has 0 saturated heterocycles. The molecule has 1 N–H and O–H groups in total. The Morgan fingerprint density at radius 1 is 1.27 bits per heavy atom. The lowest BCUT2D eigenvalue weighted by Crippen LogP contribution is -2.37. The molecule has 0 fully saturated rings. The number of nitrogens with one attached hydrogen (secondary N) is 1. The first kappa shape index (κ1) is 17.0. The second kappa shape index (κ2) is 6.37. The standard InChI is InChI=1S/C20H21N3O2S/c1-12-10-22(3)9-8-14(12)20(25)23-16-7-5-4-6-15(16)21-19(24)18-13(2)26-11-17(18)23/h4-8,11-12H,9-10H2,1-3H3,(H,21,24). The van der Waals surface area contributed by atoms with Crippen LogP contribution < -0.4 is 10.2 Å². The molecular weight excluding hydrogens is 346 g/mol. The van der Waals surface area contributed by atoms with Gasteiger partial charge in [-0.25, -0.2) is 0 Å². The SMILES string of the molecule is Cc1scc2c1C(=O)Nc1ccccc1N2C(=O)C1=CCN(C)CC1C. The molecule has 0 bridgehead atoms. The maximum atomic E-state index is 13.6. The van der Waals surface area contributed by atoms with Crippen LogP contribution >= 0.6 is 11.3 Å². The van der Waals surface area contributed by atoms with Crippen molar-refractivity contribution in [1.82, 2.24) is 4.90 Å². The third kappa shape index (κ3) is 2.66. The van der Waals surface area contributed by atoms with Crippen LogP contribution in [0.5, 0.6) is 0 Å². The summed E-state index contributed by atoms with van der Waals surface area (Å²) < 4.78 is 0. The van der Waals surface area contributed by atoms with E-state index in [2.05, 4.69) is 24.2 Å². The van der Waals surface area contributed by atoms with Crippen molar-refractivity contribution in [2.75, 3.05) is 30.4 Å². The summed E-state index contributed by atoms with van der Waals surface area (Å²) in [5.41, 5.74) is 3.44. The highest BCUT2D eigenvalue weighted by Crippen LogP contribution is 2.42. The van der Waals surface area contributed by atoms with Gasteiger partial charge < -0.3 is 10.2 Å². The first-order valence-corrected chi connectivity index (χ1v) is 9.57. The van der Waals surface area contributed by atoms with E-state index in [9.17, 15) is 9.59 Å². The summed E-state index contributed by atoms with van der Waals surface area (Å²) >= 11 is 1.49. The minimum atomic E-state index is -0.160. The van der Waals surface area contributed by atoms with Gasteiger partial charge in [0.25, 0.3) is 11.8 Å². The number of carbonyl (C=O) groups excluding carboxylic acids is 2. The maximum absolute atomic E-state index is 13.6. The fourth-order valence-electron chi connectivity index (χ4n) is 3.71. The van der Waals surface area contributed by atoms with Crippen LogP contribution in [0.3, 0.4) is 0 Å². The second-order valence-corrected chi connectivity index (χ2v) is 8.03. The molecule has 3 heterocycles. The van der Waals surface area contributed by atoms with Gasteiger partial charge in [-0.3, -0.25) is 14.5 Å². The molecule has 2 aliphatic heterocycles. The van der Waals surface area contributed by atoms with Crippen LogP contribution in [0, 0.1) is 12.8 Å². The zero-order chi connectivity index (χ0) is 18.4. The van der Waals surface area contributed by atoms with Gasteiger partial charge in [-0.2, -0.15) is 0 Å². The molecule has 0 spiro atoms. The summed E-state index contributed by atoms with van der Waals surface area (Å²) in [5.74, 6) is -0.0657. The zero-order valence-electron chi connectivity index (χ0n) is 15.1. The van der Waals surface area contributed by atoms with E-state index in [0.29, 0.717) is 16.9 Å². The van der Waals surface area contributed by atoms with Gasteiger partial charge in [0.1, 0.15) is 0 Å². The quantitative estimate of drug-likeness (QED) is 0.834. The Labute approximate surface area is 156 Å². The molecule has 4 rings (SSSR count). The number of aryl methyl sites for hydroxylation is 1. The lowest BCUT2D eigenvalue weighted by Gasteiger charge is -2.31. The Hall–Kier alpha value is -2.44. The largest absolute Gasteiger partial charge is 0.320 e. The number of hydrogen-bond donors (Lipinski definition) is 1. The van der Waals surface area contributed by atoms with Crippen LogP contribution in [0.15, 0.2) is 41.3 Å². The van der Waals surface area contributed by atoms with E-state index >= 15 is 0 Å². The minimum absolute atomic E-state index is 0.0476. The van der Waals surface area contributed by atoms with E-state index in [1.165, 1.54) is 11.3 Å². The van der Waals surface area contributed by atoms with Crippen LogP contribution in [-0.4, -0.2) is 36.9 Å². The van der Waals surface area contributed by atoms with Gasteiger partial charge in [-0.1, -0.05) is 25.1 Å². The summed E-state index contributed by atoms with van der Waals surface area (Å²) in [4.78, 5) is 31.1. The Kier molecular flexibility index (Phi) is 4.17. The molecule has 1 atom stereocenters. The average molecular weight is 367 g/mol. The predicted octanol–water partition coefficient (Wildman–Crippen LogP) is 3.79. The summed E-state index contributed by atoms with van der Waals surface area (Å²) in [6.07, 6.45) is 2.01. The highest BCUT2D eigenvalue weighted by molar-refractivity contribution is 7.10. The van der Waals surface area contributed by atoms with Gasteiger partial charge in [-0.05, 0) is 32.0 Å². The van der Waals surface area contributed by atoms with Crippen molar-refractivity contribution in [2.24, 2.45) is 5.92 Å². The van der Waals surface area contributed by atoms with E-state index in [1.807, 2.05) is 42.6 Å². The summed E-state index contributed by atoms with van der Waals surface area (Å²) in [6.45, 7) is 5.60. The fourth-order valence-corrected chi connectivity index (χ4v) is 4.54. The molecular formula is C20H21N3O2S. The number of anilines is 3. The van der Waals surface area contributed by atoms with Crippen LogP contribution in [0.2, 0.25) is 0 Å². The van der Waals surface area contributed by atoms with Crippen molar-refractivity contribution in [3.8, 4) is 0 Å².